The van der Waals surface area contributed by atoms with Gasteiger partial charge < -0.3 is 9.47 Å². The number of hydrogen-bond donors (Lipinski definition) is 0. The Bertz CT molecular complexity index is 989. The molecule has 3 aromatic rings. The Labute approximate surface area is 178 Å². The summed E-state index contributed by atoms with van der Waals surface area (Å²) in [5, 5.41) is 9.70. The SMILES string of the molecule is C=CCn1c(COc2ccc(Cl)cc2)nnc1SCC(=O)c1cccc(OC)c1. The molecule has 0 atom stereocenters. The molecule has 150 valence electrons. The topological polar surface area (TPSA) is 66.2 Å². The fourth-order valence-corrected chi connectivity index (χ4v) is 3.52. The number of Topliss-reactive ketones (excluding diaryl/α,β-unsaturated/α-hetero) is 1. The minimum atomic E-state index is -0.0129. The molecule has 2 aromatic carbocycles. The first-order valence-corrected chi connectivity index (χ1v) is 10.2. The van der Waals surface area contributed by atoms with E-state index in [1.165, 1.54) is 11.8 Å². The predicted molar refractivity (Wildman–Crippen MR) is 114 cm³/mol. The Morgan fingerprint density at radius 2 is 2.00 bits per heavy atom. The molecule has 6 nitrogen and oxygen atoms in total. The van der Waals surface area contributed by atoms with E-state index in [0.717, 1.165) is 0 Å². The van der Waals surface area contributed by atoms with Crippen LogP contribution in [0.2, 0.25) is 5.02 Å². The van der Waals surface area contributed by atoms with Crippen LogP contribution in [0.3, 0.4) is 0 Å². The number of halogens is 1. The number of nitrogens with zero attached hydrogens (tertiary/aromatic N) is 3. The van der Waals surface area contributed by atoms with Crippen molar-refractivity contribution in [3.8, 4) is 11.5 Å². The molecule has 3 rings (SSSR count). The van der Waals surface area contributed by atoms with Crippen LogP contribution in [0.4, 0.5) is 0 Å². The molecule has 0 aliphatic heterocycles. The summed E-state index contributed by atoms with van der Waals surface area (Å²) in [6, 6.07) is 14.2. The predicted octanol–water partition coefficient (Wildman–Crippen LogP) is 4.68. The maximum atomic E-state index is 12.5. The van der Waals surface area contributed by atoms with Gasteiger partial charge in [-0.15, -0.1) is 16.8 Å². The van der Waals surface area contributed by atoms with Gasteiger partial charge in [0, 0.05) is 17.1 Å². The lowest BCUT2D eigenvalue weighted by Crippen LogP contribution is -2.09. The minimum absolute atomic E-state index is 0.0129. The van der Waals surface area contributed by atoms with Gasteiger partial charge in [0.15, 0.2) is 16.8 Å². The van der Waals surface area contributed by atoms with Crippen LogP contribution in [0.1, 0.15) is 16.2 Å². The zero-order valence-corrected chi connectivity index (χ0v) is 17.4. The Morgan fingerprint density at radius 3 is 2.72 bits per heavy atom. The van der Waals surface area contributed by atoms with Crippen molar-refractivity contribution in [3.63, 3.8) is 0 Å². The molecule has 0 amide bonds. The fourth-order valence-electron chi connectivity index (χ4n) is 2.53. The van der Waals surface area contributed by atoms with Crippen LogP contribution in [0.15, 0.2) is 66.3 Å². The molecule has 29 heavy (non-hydrogen) atoms. The summed E-state index contributed by atoms with van der Waals surface area (Å²) < 4.78 is 12.8. The number of aromatic nitrogens is 3. The normalized spacial score (nSPS) is 10.6. The van der Waals surface area contributed by atoms with Crippen molar-refractivity contribution in [1.82, 2.24) is 14.8 Å². The third kappa shape index (κ3) is 5.62. The molecule has 0 N–H and O–H groups in total. The molecule has 0 bridgehead atoms. The van der Waals surface area contributed by atoms with Gasteiger partial charge >= 0.3 is 0 Å². The van der Waals surface area contributed by atoms with Gasteiger partial charge in [-0.3, -0.25) is 9.36 Å². The number of ketones is 1. The summed E-state index contributed by atoms with van der Waals surface area (Å²) in [6.07, 6.45) is 1.75. The fraction of sp³-hybridized carbons (Fsp3) is 0.190. The summed E-state index contributed by atoms with van der Waals surface area (Å²) in [5.74, 6) is 2.21. The second kappa shape index (κ2) is 10.1. The maximum Gasteiger partial charge on any atom is 0.192 e. The molecule has 0 unspecified atom stereocenters. The first kappa shape index (κ1) is 21.0. The van der Waals surface area contributed by atoms with Crippen LogP contribution in [-0.2, 0) is 13.2 Å². The number of carbonyl (C=O) groups excluding carboxylic acids is 1. The van der Waals surface area contributed by atoms with Crippen LogP contribution in [0, 0.1) is 0 Å². The van der Waals surface area contributed by atoms with E-state index in [1.54, 1.807) is 61.7 Å². The average Bonchev–Trinajstić information content (AvgIpc) is 3.13. The van der Waals surface area contributed by atoms with Crippen molar-refractivity contribution in [3.05, 3.63) is 77.6 Å². The van der Waals surface area contributed by atoms with E-state index in [0.29, 0.717) is 39.6 Å². The standard InChI is InChI=1S/C21H20ClN3O3S/c1-3-11-25-20(13-28-17-9-7-16(22)8-10-17)23-24-21(25)29-14-19(26)15-5-4-6-18(12-15)27-2/h3-10,12H,1,11,13-14H2,2H3. The molecule has 0 aliphatic rings. The summed E-state index contributed by atoms with van der Waals surface area (Å²) in [5.41, 5.74) is 0.595. The smallest absolute Gasteiger partial charge is 0.192 e. The molecule has 0 spiro atoms. The molecule has 0 saturated heterocycles. The van der Waals surface area contributed by atoms with E-state index in [-0.39, 0.29) is 18.1 Å². The van der Waals surface area contributed by atoms with Gasteiger partial charge in [-0.1, -0.05) is 41.6 Å². The summed E-state index contributed by atoms with van der Waals surface area (Å²) >= 11 is 7.22. The first-order valence-electron chi connectivity index (χ1n) is 8.82. The molecule has 1 aromatic heterocycles. The Morgan fingerprint density at radius 1 is 1.21 bits per heavy atom. The lowest BCUT2D eigenvalue weighted by Gasteiger charge is -2.09. The highest BCUT2D eigenvalue weighted by Crippen LogP contribution is 2.22. The van der Waals surface area contributed by atoms with Crippen LogP contribution in [0.25, 0.3) is 0 Å². The number of allylic oxidation sites excluding steroid dienone is 1. The van der Waals surface area contributed by atoms with E-state index in [4.69, 9.17) is 21.1 Å². The number of thioether (sulfide) groups is 1. The van der Waals surface area contributed by atoms with Crippen LogP contribution in [-0.4, -0.2) is 33.4 Å². The van der Waals surface area contributed by atoms with Gasteiger partial charge in [-0.25, -0.2) is 0 Å². The van der Waals surface area contributed by atoms with E-state index >= 15 is 0 Å². The highest BCUT2D eigenvalue weighted by Gasteiger charge is 2.15. The van der Waals surface area contributed by atoms with Gasteiger partial charge in [0.25, 0.3) is 0 Å². The van der Waals surface area contributed by atoms with Crippen molar-refractivity contribution < 1.29 is 14.3 Å². The number of benzene rings is 2. The zero-order valence-electron chi connectivity index (χ0n) is 15.9. The van der Waals surface area contributed by atoms with Crippen molar-refractivity contribution >= 4 is 29.1 Å². The lowest BCUT2D eigenvalue weighted by molar-refractivity contribution is 0.102. The van der Waals surface area contributed by atoms with Gasteiger partial charge in [0.2, 0.25) is 0 Å². The molecular weight excluding hydrogens is 410 g/mol. The van der Waals surface area contributed by atoms with E-state index in [1.807, 2.05) is 4.57 Å². The first-order chi connectivity index (χ1) is 14.1. The number of hydrogen-bond acceptors (Lipinski definition) is 6. The van der Waals surface area contributed by atoms with Crippen LogP contribution >= 0.6 is 23.4 Å². The van der Waals surface area contributed by atoms with E-state index in [2.05, 4.69) is 16.8 Å². The zero-order chi connectivity index (χ0) is 20.6. The largest absolute Gasteiger partial charge is 0.497 e. The van der Waals surface area contributed by atoms with Crippen molar-refractivity contribution in [2.24, 2.45) is 0 Å². The third-order valence-corrected chi connectivity index (χ3v) is 5.23. The Hall–Kier alpha value is -2.77. The van der Waals surface area contributed by atoms with Crippen molar-refractivity contribution in [2.75, 3.05) is 12.9 Å². The second-order valence-electron chi connectivity index (χ2n) is 5.98. The summed E-state index contributed by atoms with van der Waals surface area (Å²) in [6.45, 7) is 4.54. The molecule has 0 aliphatic carbocycles. The Kier molecular flexibility index (Phi) is 7.32. The van der Waals surface area contributed by atoms with E-state index < -0.39 is 0 Å². The number of carbonyl (C=O) groups is 1. The molecule has 0 radical (unpaired) electrons. The number of ether oxygens (including phenoxy) is 2. The number of rotatable bonds is 10. The average molecular weight is 430 g/mol. The van der Waals surface area contributed by atoms with Crippen LogP contribution < -0.4 is 9.47 Å². The quantitative estimate of drug-likeness (QED) is 0.265. The van der Waals surface area contributed by atoms with Gasteiger partial charge in [0.05, 0.1) is 12.9 Å². The van der Waals surface area contributed by atoms with Crippen molar-refractivity contribution in [1.29, 1.82) is 0 Å². The van der Waals surface area contributed by atoms with Crippen molar-refractivity contribution in [2.45, 2.75) is 18.3 Å². The highest BCUT2D eigenvalue weighted by molar-refractivity contribution is 7.99. The monoisotopic (exact) mass is 429 g/mol. The van der Waals surface area contributed by atoms with E-state index in [9.17, 15) is 4.79 Å². The van der Waals surface area contributed by atoms with Gasteiger partial charge in [0.1, 0.15) is 18.1 Å². The highest BCUT2D eigenvalue weighted by atomic mass is 35.5. The molecule has 0 fully saturated rings. The number of methoxy groups -OCH3 is 1. The summed E-state index contributed by atoms with van der Waals surface area (Å²) in [4.78, 5) is 12.5. The molecule has 0 saturated carbocycles. The second-order valence-corrected chi connectivity index (χ2v) is 7.36. The molecule has 8 heteroatoms. The van der Waals surface area contributed by atoms with Gasteiger partial charge in [-0.2, -0.15) is 0 Å². The minimum Gasteiger partial charge on any atom is -0.497 e. The maximum absolute atomic E-state index is 12.5. The van der Waals surface area contributed by atoms with Crippen LogP contribution in [0.5, 0.6) is 11.5 Å². The molecule has 1 heterocycles. The molecular formula is C21H20ClN3O3S. The summed E-state index contributed by atoms with van der Waals surface area (Å²) in [7, 11) is 1.57. The lowest BCUT2D eigenvalue weighted by atomic mass is 10.1. The Balaban J connectivity index is 1.66. The third-order valence-electron chi connectivity index (χ3n) is 4.01. The van der Waals surface area contributed by atoms with Gasteiger partial charge in [-0.05, 0) is 36.4 Å².